The summed E-state index contributed by atoms with van der Waals surface area (Å²) in [6.45, 7) is 5.53. The minimum absolute atomic E-state index is 0.00601. The zero-order valence-corrected chi connectivity index (χ0v) is 16.3. The molecule has 1 aliphatic heterocycles. The highest BCUT2D eigenvalue weighted by Crippen LogP contribution is 2.24. The van der Waals surface area contributed by atoms with E-state index in [1.54, 1.807) is 0 Å². The Hall–Kier alpha value is -1.47. The Morgan fingerprint density at radius 3 is 2.62 bits per heavy atom. The normalized spacial score (nSPS) is 16.4. The number of amides is 1. The highest BCUT2D eigenvalue weighted by molar-refractivity contribution is 8.00. The summed E-state index contributed by atoms with van der Waals surface area (Å²) < 4.78 is 11.3. The van der Waals surface area contributed by atoms with E-state index in [9.17, 15) is 4.79 Å². The van der Waals surface area contributed by atoms with Gasteiger partial charge in [-0.05, 0) is 43.3 Å². The van der Waals surface area contributed by atoms with Gasteiger partial charge in [0.25, 0.3) is 0 Å². The molecule has 2 aromatic rings. The fourth-order valence-electron chi connectivity index (χ4n) is 2.87. The largest absolute Gasteiger partial charge is 0.465 e. The van der Waals surface area contributed by atoms with Crippen LogP contribution in [0, 0.1) is 6.92 Å². The average Bonchev–Trinajstić information content (AvgIpc) is 3.08. The molecule has 0 aliphatic carbocycles. The van der Waals surface area contributed by atoms with Crippen molar-refractivity contribution in [3.63, 3.8) is 0 Å². The molecule has 3 rings (SSSR count). The first-order chi connectivity index (χ1) is 12.6. The molecule has 7 heteroatoms. The summed E-state index contributed by atoms with van der Waals surface area (Å²) in [4.78, 5) is 15.6. The van der Waals surface area contributed by atoms with Gasteiger partial charge in [0.15, 0.2) is 0 Å². The van der Waals surface area contributed by atoms with E-state index in [0.717, 1.165) is 29.5 Å². The number of halogens is 1. The minimum atomic E-state index is 0.00601. The second kappa shape index (κ2) is 9.46. The smallest absolute Gasteiger partial charge is 0.230 e. The zero-order chi connectivity index (χ0) is 18.4. The number of morpholine rings is 1. The van der Waals surface area contributed by atoms with Crippen LogP contribution in [0.3, 0.4) is 0 Å². The highest BCUT2D eigenvalue weighted by Gasteiger charge is 2.25. The van der Waals surface area contributed by atoms with Crippen LogP contribution in [0.2, 0.25) is 5.02 Å². The van der Waals surface area contributed by atoms with Gasteiger partial charge in [-0.3, -0.25) is 9.69 Å². The maximum atomic E-state index is 12.3. The second-order valence-corrected chi connectivity index (χ2v) is 7.64. The van der Waals surface area contributed by atoms with Gasteiger partial charge >= 0.3 is 0 Å². The van der Waals surface area contributed by atoms with Crippen LogP contribution in [0.25, 0.3) is 0 Å². The van der Waals surface area contributed by atoms with Gasteiger partial charge in [0.2, 0.25) is 5.91 Å². The van der Waals surface area contributed by atoms with Gasteiger partial charge < -0.3 is 14.5 Å². The van der Waals surface area contributed by atoms with Crippen LogP contribution in [0.5, 0.6) is 0 Å². The van der Waals surface area contributed by atoms with Crippen molar-refractivity contribution < 1.29 is 13.9 Å². The number of carbonyl (C=O) groups is 1. The number of nitrogens with one attached hydrogen (secondary N) is 1. The molecule has 1 saturated heterocycles. The van der Waals surface area contributed by atoms with Crippen molar-refractivity contribution in [1.82, 2.24) is 10.2 Å². The molecule has 0 radical (unpaired) electrons. The Labute approximate surface area is 163 Å². The maximum Gasteiger partial charge on any atom is 0.230 e. The first kappa shape index (κ1) is 19.3. The van der Waals surface area contributed by atoms with Crippen LogP contribution < -0.4 is 5.32 Å². The van der Waals surface area contributed by atoms with Crippen molar-refractivity contribution in [2.75, 3.05) is 38.6 Å². The molecule has 1 aliphatic rings. The minimum Gasteiger partial charge on any atom is -0.465 e. The fraction of sp³-hybridized carbons (Fsp3) is 0.421. The number of carbonyl (C=O) groups excluding carboxylic acids is 1. The molecule has 1 N–H and O–H groups in total. The maximum absolute atomic E-state index is 12.3. The van der Waals surface area contributed by atoms with E-state index in [1.807, 2.05) is 43.3 Å². The number of hydrogen-bond donors (Lipinski definition) is 1. The van der Waals surface area contributed by atoms with Gasteiger partial charge in [-0.15, -0.1) is 11.8 Å². The fourth-order valence-corrected chi connectivity index (χ4v) is 3.73. The second-order valence-electron chi connectivity index (χ2n) is 6.16. The van der Waals surface area contributed by atoms with Crippen molar-refractivity contribution in [3.05, 3.63) is 52.9 Å². The monoisotopic (exact) mass is 394 g/mol. The van der Waals surface area contributed by atoms with E-state index in [4.69, 9.17) is 20.8 Å². The van der Waals surface area contributed by atoms with Crippen molar-refractivity contribution in [2.45, 2.75) is 17.9 Å². The van der Waals surface area contributed by atoms with Gasteiger partial charge in [-0.2, -0.15) is 0 Å². The Bertz CT molecular complexity index is 714. The van der Waals surface area contributed by atoms with Crippen molar-refractivity contribution >= 4 is 29.3 Å². The van der Waals surface area contributed by atoms with E-state index < -0.39 is 0 Å². The molecule has 0 spiro atoms. The SMILES string of the molecule is Cc1ccc(C(CNC(=O)CSc2ccc(Cl)cc2)N2CCOCC2)o1. The van der Waals surface area contributed by atoms with E-state index in [2.05, 4.69) is 10.2 Å². The van der Waals surface area contributed by atoms with Crippen LogP contribution in [-0.2, 0) is 9.53 Å². The van der Waals surface area contributed by atoms with E-state index in [1.165, 1.54) is 11.8 Å². The lowest BCUT2D eigenvalue weighted by atomic mass is 10.1. The van der Waals surface area contributed by atoms with Crippen LogP contribution in [0.1, 0.15) is 17.6 Å². The van der Waals surface area contributed by atoms with Crippen LogP contribution in [-0.4, -0.2) is 49.4 Å². The number of furan rings is 1. The van der Waals surface area contributed by atoms with Gasteiger partial charge in [-0.25, -0.2) is 0 Å². The van der Waals surface area contributed by atoms with Crippen molar-refractivity contribution in [1.29, 1.82) is 0 Å². The molecular weight excluding hydrogens is 372 g/mol. The Morgan fingerprint density at radius 2 is 1.96 bits per heavy atom. The molecule has 140 valence electrons. The molecule has 2 heterocycles. The molecule has 1 unspecified atom stereocenters. The summed E-state index contributed by atoms with van der Waals surface area (Å²) in [5.41, 5.74) is 0. The lowest BCUT2D eigenvalue weighted by Crippen LogP contribution is -2.44. The van der Waals surface area contributed by atoms with E-state index in [0.29, 0.717) is 30.5 Å². The van der Waals surface area contributed by atoms with Gasteiger partial charge in [0, 0.05) is 29.6 Å². The third-order valence-electron chi connectivity index (χ3n) is 4.25. The highest BCUT2D eigenvalue weighted by atomic mass is 35.5. The summed E-state index contributed by atoms with van der Waals surface area (Å²) in [5, 5.41) is 3.74. The summed E-state index contributed by atoms with van der Waals surface area (Å²) in [5.74, 6) is 2.14. The molecule has 0 bridgehead atoms. The van der Waals surface area contributed by atoms with Gasteiger partial charge in [-0.1, -0.05) is 11.6 Å². The first-order valence-electron chi connectivity index (χ1n) is 8.65. The molecule has 1 atom stereocenters. The third-order valence-corrected chi connectivity index (χ3v) is 5.52. The topological polar surface area (TPSA) is 54.7 Å². The lowest BCUT2D eigenvalue weighted by Gasteiger charge is -2.33. The van der Waals surface area contributed by atoms with Crippen LogP contribution >= 0.6 is 23.4 Å². The molecule has 1 fully saturated rings. The first-order valence-corrected chi connectivity index (χ1v) is 10.0. The van der Waals surface area contributed by atoms with E-state index >= 15 is 0 Å². The number of hydrogen-bond acceptors (Lipinski definition) is 5. The summed E-state index contributed by atoms with van der Waals surface area (Å²) in [7, 11) is 0. The van der Waals surface area contributed by atoms with Gasteiger partial charge in [0.1, 0.15) is 11.5 Å². The summed E-state index contributed by atoms with van der Waals surface area (Å²) in [6, 6.07) is 11.5. The number of aryl methyl sites for hydroxylation is 1. The Balaban J connectivity index is 1.54. The van der Waals surface area contributed by atoms with Gasteiger partial charge in [0.05, 0.1) is 25.0 Å². The Morgan fingerprint density at radius 1 is 1.23 bits per heavy atom. The average molecular weight is 395 g/mol. The number of thioether (sulfide) groups is 1. The summed E-state index contributed by atoms with van der Waals surface area (Å²) >= 11 is 7.38. The molecule has 5 nitrogen and oxygen atoms in total. The number of benzene rings is 1. The quantitative estimate of drug-likeness (QED) is 0.728. The van der Waals surface area contributed by atoms with E-state index in [-0.39, 0.29) is 11.9 Å². The van der Waals surface area contributed by atoms with Crippen molar-refractivity contribution in [3.8, 4) is 0 Å². The van der Waals surface area contributed by atoms with Crippen LogP contribution in [0.15, 0.2) is 45.7 Å². The predicted molar refractivity (Wildman–Crippen MR) is 104 cm³/mol. The molecule has 26 heavy (non-hydrogen) atoms. The summed E-state index contributed by atoms with van der Waals surface area (Å²) in [6.07, 6.45) is 0. The predicted octanol–water partition coefficient (Wildman–Crippen LogP) is 3.52. The zero-order valence-electron chi connectivity index (χ0n) is 14.7. The van der Waals surface area contributed by atoms with Crippen molar-refractivity contribution in [2.24, 2.45) is 0 Å². The molecular formula is C19H23ClN2O3S. The lowest BCUT2D eigenvalue weighted by molar-refractivity contribution is -0.118. The number of nitrogens with zero attached hydrogens (tertiary/aromatic N) is 1. The molecule has 1 aromatic heterocycles. The number of rotatable bonds is 7. The molecule has 1 aromatic carbocycles. The molecule has 0 saturated carbocycles. The standard InChI is InChI=1S/C19H23ClN2O3S/c1-14-2-7-18(25-14)17(22-8-10-24-11-9-22)12-21-19(23)13-26-16-5-3-15(20)4-6-16/h2-7,17H,8-13H2,1H3,(H,21,23). The van der Waals surface area contributed by atoms with Crippen LogP contribution in [0.4, 0.5) is 0 Å². The number of ether oxygens (including phenoxy) is 1. The Kier molecular flexibility index (Phi) is 7.02. The third kappa shape index (κ3) is 5.51. The molecule has 1 amide bonds.